The zero-order valence-electron chi connectivity index (χ0n) is 10.5. The van der Waals surface area contributed by atoms with Gasteiger partial charge in [-0.1, -0.05) is 38.2 Å². The van der Waals surface area contributed by atoms with Crippen LogP contribution in [0.2, 0.25) is 0 Å². The topological polar surface area (TPSA) is 38.0 Å². The second-order valence-corrected chi connectivity index (χ2v) is 5.09. The summed E-state index contributed by atoms with van der Waals surface area (Å²) in [5.74, 6) is 4.95. The molecule has 0 bridgehead atoms. The maximum atomic E-state index is 13.7. The van der Waals surface area contributed by atoms with Crippen molar-refractivity contribution >= 4 is 0 Å². The lowest BCUT2D eigenvalue weighted by atomic mass is 9.83. The molecule has 18 heavy (non-hydrogen) atoms. The van der Waals surface area contributed by atoms with Crippen LogP contribution in [0.4, 0.5) is 8.78 Å². The van der Waals surface area contributed by atoms with Gasteiger partial charge in [-0.05, 0) is 24.5 Å². The molecule has 0 aliphatic heterocycles. The van der Waals surface area contributed by atoms with Gasteiger partial charge in [0.2, 0.25) is 0 Å². The van der Waals surface area contributed by atoms with Crippen molar-refractivity contribution in [3.63, 3.8) is 0 Å². The molecule has 2 rings (SSSR count). The lowest BCUT2D eigenvalue weighted by molar-refractivity contribution is 0.294. The van der Waals surface area contributed by atoms with E-state index in [4.69, 9.17) is 5.84 Å². The van der Waals surface area contributed by atoms with Crippen LogP contribution < -0.4 is 11.3 Å². The number of rotatable bonds is 4. The Morgan fingerprint density at radius 2 is 1.78 bits per heavy atom. The van der Waals surface area contributed by atoms with Crippen LogP contribution in [0.1, 0.15) is 50.1 Å². The van der Waals surface area contributed by atoms with Crippen LogP contribution in [0, 0.1) is 17.6 Å². The molecule has 2 nitrogen and oxygen atoms in total. The van der Waals surface area contributed by atoms with E-state index in [1.54, 1.807) is 0 Å². The second-order valence-electron chi connectivity index (χ2n) is 5.09. The summed E-state index contributed by atoms with van der Waals surface area (Å²) in [4.78, 5) is 0. The molecule has 0 spiro atoms. The highest BCUT2D eigenvalue weighted by atomic mass is 19.1. The van der Waals surface area contributed by atoms with E-state index in [1.807, 2.05) is 0 Å². The largest absolute Gasteiger partial charge is 0.271 e. The van der Waals surface area contributed by atoms with Gasteiger partial charge < -0.3 is 0 Å². The van der Waals surface area contributed by atoms with Crippen molar-refractivity contribution in [1.82, 2.24) is 5.43 Å². The smallest absolute Gasteiger partial charge is 0.130 e. The van der Waals surface area contributed by atoms with Crippen LogP contribution >= 0.6 is 0 Å². The second kappa shape index (κ2) is 6.25. The molecule has 1 saturated carbocycles. The Morgan fingerprint density at radius 3 is 2.33 bits per heavy atom. The Morgan fingerprint density at radius 1 is 1.17 bits per heavy atom. The van der Waals surface area contributed by atoms with Crippen molar-refractivity contribution in [1.29, 1.82) is 0 Å². The zero-order valence-corrected chi connectivity index (χ0v) is 10.5. The van der Waals surface area contributed by atoms with E-state index in [-0.39, 0.29) is 5.56 Å². The summed E-state index contributed by atoms with van der Waals surface area (Å²) in [5.41, 5.74) is 2.64. The van der Waals surface area contributed by atoms with Gasteiger partial charge in [-0.25, -0.2) is 8.78 Å². The highest BCUT2D eigenvalue weighted by Crippen LogP contribution is 2.33. The maximum Gasteiger partial charge on any atom is 0.130 e. The molecule has 1 fully saturated rings. The van der Waals surface area contributed by atoms with Gasteiger partial charge in [-0.2, -0.15) is 0 Å². The van der Waals surface area contributed by atoms with E-state index in [2.05, 4.69) is 5.43 Å². The molecule has 1 aliphatic rings. The van der Waals surface area contributed by atoms with Crippen LogP contribution in [0.25, 0.3) is 0 Å². The number of nitrogens with one attached hydrogen (secondary N) is 1. The minimum absolute atomic E-state index is 0.0746. The van der Waals surface area contributed by atoms with Crippen molar-refractivity contribution in [2.45, 2.75) is 44.6 Å². The third kappa shape index (κ3) is 3.06. The summed E-state index contributed by atoms with van der Waals surface area (Å²) in [7, 11) is 0. The lowest BCUT2D eigenvalue weighted by Crippen LogP contribution is -2.31. The fraction of sp³-hybridized carbons (Fsp3) is 0.571. The maximum absolute atomic E-state index is 13.7. The molecular formula is C14H20F2N2. The summed E-state index contributed by atoms with van der Waals surface area (Å²) in [6.07, 6.45) is 6.66. The molecule has 1 aromatic rings. The molecule has 0 amide bonds. The first-order chi connectivity index (χ1) is 8.72. The first-order valence-corrected chi connectivity index (χ1v) is 6.62. The molecule has 0 radical (unpaired) electrons. The van der Waals surface area contributed by atoms with Gasteiger partial charge in [0.1, 0.15) is 11.6 Å². The summed E-state index contributed by atoms with van der Waals surface area (Å²) < 4.78 is 27.4. The van der Waals surface area contributed by atoms with Gasteiger partial charge in [-0.15, -0.1) is 0 Å². The normalized spacial score (nSPS) is 18.8. The number of halogens is 2. The standard InChI is InChI=1S/C14H20F2N2/c15-11-7-4-8-12(16)14(11)13(18-17)9-10-5-2-1-3-6-10/h4,7-8,10,13,18H,1-3,5-6,9,17H2. The van der Waals surface area contributed by atoms with E-state index in [0.29, 0.717) is 12.3 Å². The fourth-order valence-electron chi connectivity index (χ4n) is 2.87. The quantitative estimate of drug-likeness (QED) is 0.638. The summed E-state index contributed by atoms with van der Waals surface area (Å²) in [6, 6.07) is 3.50. The van der Waals surface area contributed by atoms with Crippen molar-refractivity contribution in [2.24, 2.45) is 11.8 Å². The Kier molecular flexibility index (Phi) is 4.66. The third-order valence-electron chi connectivity index (χ3n) is 3.84. The van der Waals surface area contributed by atoms with E-state index in [9.17, 15) is 8.78 Å². The van der Waals surface area contributed by atoms with Crippen LogP contribution in [0.15, 0.2) is 18.2 Å². The first-order valence-electron chi connectivity index (χ1n) is 6.62. The zero-order chi connectivity index (χ0) is 13.0. The lowest BCUT2D eigenvalue weighted by Gasteiger charge is -2.26. The predicted octanol–water partition coefficient (Wildman–Crippen LogP) is 3.44. The molecule has 1 aliphatic carbocycles. The third-order valence-corrected chi connectivity index (χ3v) is 3.84. The number of hydrazine groups is 1. The Labute approximate surface area is 107 Å². The van der Waals surface area contributed by atoms with Crippen molar-refractivity contribution in [3.05, 3.63) is 35.4 Å². The number of benzene rings is 1. The summed E-state index contributed by atoms with van der Waals surface area (Å²) >= 11 is 0. The number of hydrogen-bond acceptors (Lipinski definition) is 2. The van der Waals surface area contributed by atoms with Crippen molar-refractivity contribution in [2.75, 3.05) is 0 Å². The van der Waals surface area contributed by atoms with Crippen LogP contribution in [-0.2, 0) is 0 Å². The van der Waals surface area contributed by atoms with Crippen molar-refractivity contribution < 1.29 is 8.78 Å². The molecular weight excluding hydrogens is 234 g/mol. The van der Waals surface area contributed by atoms with Gasteiger partial charge in [0, 0.05) is 5.56 Å². The van der Waals surface area contributed by atoms with Gasteiger partial charge in [-0.3, -0.25) is 11.3 Å². The number of hydrogen-bond donors (Lipinski definition) is 2. The molecule has 100 valence electrons. The average Bonchev–Trinajstić information content (AvgIpc) is 2.38. The van der Waals surface area contributed by atoms with Gasteiger partial charge >= 0.3 is 0 Å². The average molecular weight is 254 g/mol. The minimum atomic E-state index is -0.520. The summed E-state index contributed by atoms with van der Waals surface area (Å²) in [5, 5.41) is 0. The molecule has 3 N–H and O–H groups in total. The predicted molar refractivity (Wildman–Crippen MR) is 67.6 cm³/mol. The number of nitrogens with two attached hydrogens (primary N) is 1. The molecule has 0 heterocycles. The van der Waals surface area contributed by atoms with Crippen LogP contribution in [0.3, 0.4) is 0 Å². The molecule has 1 aromatic carbocycles. The molecule has 1 unspecified atom stereocenters. The minimum Gasteiger partial charge on any atom is -0.271 e. The fourth-order valence-corrected chi connectivity index (χ4v) is 2.87. The summed E-state index contributed by atoms with van der Waals surface area (Å²) in [6.45, 7) is 0. The monoisotopic (exact) mass is 254 g/mol. The van der Waals surface area contributed by atoms with Gasteiger partial charge in [0.05, 0.1) is 6.04 Å². The molecule has 1 atom stereocenters. The van der Waals surface area contributed by atoms with Gasteiger partial charge in [0.25, 0.3) is 0 Å². The molecule has 0 aromatic heterocycles. The molecule has 4 heteroatoms. The SMILES string of the molecule is NNC(CC1CCCCC1)c1c(F)cccc1F. The molecule has 0 saturated heterocycles. The van der Waals surface area contributed by atoms with Crippen molar-refractivity contribution in [3.8, 4) is 0 Å². The Balaban J connectivity index is 2.12. The van der Waals surface area contributed by atoms with Gasteiger partial charge in [0.15, 0.2) is 0 Å². The van der Waals surface area contributed by atoms with E-state index < -0.39 is 17.7 Å². The highest BCUT2D eigenvalue weighted by molar-refractivity contribution is 5.23. The van der Waals surface area contributed by atoms with E-state index in [0.717, 1.165) is 12.8 Å². The Hall–Kier alpha value is -1.00. The van der Waals surface area contributed by atoms with Crippen LogP contribution in [-0.4, -0.2) is 0 Å². The van der Waals surface area contributed by atoms with E-state index in [1.165, 1.54) is 37.5 Å². The van der Waals surface area contributed by atoms with E-state index >= 15 is 0 Å². The van der Waals surface area contributed by atoms with Crippen LogP contribution in [0.5, 0.6) is 0 Å². The first kappa shape index (κ1) is 13.4. The highest BCUT2D eigenvalue weighted by Gasteiger charge is 2.23. The Bertz CT molecular complexity index is 369.